The van der Waals surface area contributed by atoms with Crippen molar-refractivity contribution in [1.29, 1.82) is 0 Å². The number of carbonyl (C=O) groups is 1. The fraction of sp³-hybridized carbons (Fsp3) is 0.136. The maximum Gasteiger partial charge on any atom is 0.271 e. The number of nitrogens with two attached hydrogens (primary N) is 1. The van der Waals surface area contributed by atoms with E-state index in [0.717, 1.165) is 16.8 Å². The van der Waals surface area contributed by atoms with Crippen molar-refractivity contribution in [3.63, 3.8) is 0 Å². The van der Waals surface area contributed by atoms with Crippen LogP contribution in [0.1, 0.15) is 17.2 Å². The largest absolute Gasteiger partial charge is 0.478 e. The molecular weight excluding hydrogens is 324 g/mol. The van der Waals surface area contributed by atoms with Gasteiger partial charge in [0.1, 0.15) is 11.8 Å². The van der Waals surface area contributed by atoms with Crippen molar-refractivity contribution in [1.82, 2.24) is 0 Å². The minimum Gasteiger partial charge on any atom is -0.478 e. The summed E-state index contributed by atoms with van der Waals surface area (Å²) in [5.41, 5.74) is 9.54. The van der Waals surface area contributed by atoms with Crippen LogP contribution in [-0.4, -0.2) is 12.0 Å². The number of anilines is 2. The molecule has 4 rings (SSSR count). The first-order valence-electron chi connectivity index (χ1n) is 8.60. The Morgan fingerprint density at radius 1 is 0.885 bits per heavy atom. The number of ether oxygens (including phenoxy) is 1. The first-order chi connectivity index (χ1) is 12.6. The Bertz CT molecular complexity index is 905. The lowest BCUT2D eigenvalue weighted by molar-refractivity contribution is -0.135. The number of nitrogen functional groups attached to an aromatic ring is 1. The van der Waals surface area contributed by atoms with Gasteiger partial charge >= 0.3 is 0 Å². The summed E-state index contributed by atoms with van der Waals surface area (Å²) in [6, 6.07) is 24.8. The third kappa shape index (κ3) is 2.90. The first kappa shape index (κ1) is 16.2. The zero-order valence-electron chi connectivity index (χ0n) is 14.5. The Morgan fingerprint density at radius 3 is 2.19 bits per heavy atom. The van der Waals surface area contributed by atoms with Crippen molar-refractivity contribution in [2.45, 2.75) is 19.1 Å². The van der Waals surface area contributed by atoms with Crippen LogP contribution in [0.5, 0.6) is 5.75 Å². The van der Waals surface area contributed by atoms with E-state index in [-0.39, 0.29) is 11.9 Å². The van der Waals surface area contributed by atoms with Gasteiger partial charge in [0.15, 0.2) is 0 Å². The first-order valence-corrected chi connectivity index (χ1v) is 8.60. The number of nitrogens with zero attached hydrogens (tertiary/aromatic N) is 1. The normalized spacial score (nSPS) is 19.1. The summed E-state index contributed by atoms with van der Waals surface area (Å²) in [7, 11) is 0. The van der Waals surface area contributed by atoms with Gasteiger partial charge in [-0.15, -0.1) is 0 Å². The molecule has 1 aliphatic rings. The van der Waals surface area contributed by atoms with E-state index in [1.165, 1.54) is 0 Å². The van der Waals surface area contributed by atoms with Gasteiger partial charge in [-0.3, -0.25) is 9.69 Å². The third-order valence-electron chi connectivity index (χ3n) is 4.64. The van der Waals surface area contributed by atoms with Crippen molar-refractivity contribution in [2.24, 2.45) is 0 Å². The number of aryl methyl sites for hydroxylation is 1. The molecule has 3 aromatic carbocycles. The minimum atomic E-state index is -0.553. The van der Waals surface area contributed by atoms with Gasteiger partial charge in [0.25, 0.3) is 5.91 Å². The molecule has 2 N–H and O–H groups in total. The van der Waals surface area contributed by atoms with Crippen molar-refractivity contribution < 1.29 is 9.53 Å². The lowest BCUT2D eigenvalue weighted by Crippen LogP contribution is -2.61. The highest BCUT2D eigenvalue weighted by molar-refractivity contribution is 6.05. The Morgan fingerprint density at radius 2 is 1.54 bits per heavy atom. The van der Waals surface area contributed by atoms with Crippen molar-refractivity contribution in [2.75, 3.05) is 10.6 Å². The van der Waals surface area contributed by atoms with Crippen LogP contribution in [0.3, 0.4) is 0 Å². The molecule has 0 aromatic heterocycles. The standard InChI is InChI=1S/C22H20N2O2/c1-15-7-13-18(14-8-15)24-20(16-9-11-17(23)12-10-16)21(22(24)25)26-19-5-3-2-4-6-19/h2-14,20-21H,23H2,1H3. The topological polar surface area (TPSA) is 55.6 Å². The lowest BCUT2D eigenvalue weighted by atomic mass is 9.89. The van der Waals surface area contributed by atoms with Crippen LogP contribution in [0.2, 0.25) is 0 Å². The highest BCUT2D eigenvalue weighted by atomic mass is 16.5. The summed E-state index contributed by atoms with van der Waals surface area (Å²) >= 11 is 0. The van der Waals surface area contributed by atoms with Gasteiger partial charge in [-0.1, -0.05) is 48.0 Å². The van der Waals surface area contributed by atoms with Gasteiger partial charge in [-0.2, -0.15) is 0 Å². The third-order valence-corrected chi connectivity index (χ3v) is 4.64. The van der Waals surface area contributed by atoms with Crippen LogP contribution >= 0.6 is 0 Å². The molecule has 1 aliphatic heterocycles. The molecule has 1 amide bonds. The van der Waals surface area contributed by atoms with E-state index >= 15 is 0 Å². The summed E-state index contributed by atoms with van der Waals surface area (Å²) in [6.45, 7) is 2.03. The van der Waals surface area contributed by atoms with Crippen LogP contribution in [-0.2, 0) is 4.79 Å². The zero-order valence-corrected chi connectivity index (χ0v) is 14.5. The smallest absolute Gasteiger partial charge is 0.271 e. The molecule has 1 saturated heterocycles. The maximum absolute atomic E-state index is 12.9. The molecule has 2 unspecified atom stereocenters. The molecule has 4 heteroatoms. The highest BCUT2D eigenvalue weighted by Gasteiger charge is 2.50. The quantitative estimate of drug-likeness (QED) is 0.572. The summed E-state index contributed by atoms with van der Waals surface area (Å²) < 4.78 is 6.01. The number of β-lactam (4-membered cyclic amide) rings is 1. The fourth-order valence-corrected chi connectivity index (χ4v) is 3.23. The second kappa shape index (κ2) is 6.56. The van der Waals surface area contributed by atoms with Crippen molar-refractivity contribution >= 4 is 17.3 Å². The van der Waals surface area contributed by atoms with Crippen LogP contribution < -0.4 is 15.4 Å². The molecule has 1 fully saturated rings. The monoisotopic (exact) mass is 344 g/mol. The van der Waals surface area contributed by atoms with E-state index in [2.05, 4.69) is 0 Å². The van der Waals surface area contributed by atoms with Gasteiger partial charge in [0.2, 0.25) is 6.10 Å². The number of para-hydroxylation sites is 1. The molecule has 0 saturated carbocycles. The van der Waals surface area contributed by atoms with Crippen molar-refractivity contribution in [3.05, 3.63) is 90.0 Å². The summed E-state index contributed by atoms with van der Waals surface area (Å²) in [5, 5.41) is 0. The SMILES string of the molecule is Cc1ccc(N2C(=O)C(Oc3ccccc3)C2c2ccc(N)cc2)cc1. The molecule has 3 aromatic rings. The molecule has 0 aliphatic carbocycles. The van der Waals surface area contributed by atoms with Crippen LogP contribution in [0.15, 0.2) is 78.9 Å². The molecule has 130 valence electrons. The van der Waals surface area contributed by atoms with Crippen LogP contribution in [0, 0.1) is 6.92 Å². The number of amides is 1. The Labute approximate surface area is 152 Å². The predicted octanol–water partition coefficient (Wildman–Crippen LogP) is 4.11. The summed E-state index contributed by atoms with van der Waals surface area (Å²) in [5.74, 6) is 0.648. The average molecular weight is 344 g/mol. The molecule has 2 atom stereocenters. The van der Waals surface area contributed by atoms with Crippen LogP contribution in [0.25, 0.3) is 0 Å². The van der Waals surface area contributed by atoms with E-state index in [9.17, 15) is 4.79 Å². The van der Waals surface area contributed by atoms with Gasteiger partial charge in [0.05, 0.1) is 0 Å². The van der Waals surface area contributed by atoms with Crippen molar-refractivity contribution in [3.8, 4) is 5.75 Å². The lowest BCUT2D eigenvalue weighted by Gasteiger charge is -2.46. The Hall–Kier alpha value is -3.27. The zero-order chi connectivity index (χ0) is 18.1. The van der Waals surface area contributed by atoms with Gasteiger partial charge in [0, 0.05) is 11.4 Å². The summed E-state index contributed by atoms with van der Waals surface area (Å²) in [6.07, 6.45) is -0.553. The number of hydrogen-bond acceptors (Lipinski definition) is 3. The Balaban J connectivity index is 1.68. The van der Waals surface area contributed by atoms with E-state index in [1.54, 1.807) is 4.90 Å². The molecule has 0 radical (unpaired) electrons. The van der Waals surface area contributed by atoms with E-state index in [4.69, 9.17) is 10.5 Å². The van der Waals surface area contributed by atoms with Crippen LogP contribution in [0.4, 0.5) is 11.4 Å². The molecule has 4 nitrogen and oxygen atoms in total. The second-order valence-corrected chi connectivity index (χ2v) is 6.51. The molecular formula is C22H20N2O2. The second-order valence-electron chi connectivity index (χ2n) is 6.51. The van der Waals surface area contributed by atoms with E-state index < -0.39 is 6.10 Å². The minimum absolute atomic E-state index is 0.0421. The molecule has 26 heavy (non-hydrogen) atoms. The Kier molecular flexibility index (Phi) is 4.09. The predicted molar refractivity (Wildman–Crippen MR) is 103 cm³/mol. The highest BCUT2D eigenvalue weighted by Crippen LogP contribution is 2.41. The maximum atomic E-state index is 12.9. The fourth-order valence-electron chi connectivity index (χ4n) is 3.23. The number of carbonyl (C=O) groups excluding carboxylic acids is 1. The molecule has 0 bridgehead atoms. The van der Waals surface area contributed by atoms with Gasteiger partial charge < -0.3 is 10.5 Å². The van der Waals surface area contributed by atoms with E-state index in [0.29, 0.717) is 11.4 Å². The average Bonchev–Trinajstić information content (AvgIpc) is 2.67. The van der Waals surface area contributed by atoms with E-state index in [1.807, 2.05) is 85.8 Å². The van der Waals surface area contributed by atoms with Gasteiger partial charge in [-0.25, -0.2) is 0 Å². The molecule has 0 spiro atoms. The number of benzene rings is 3. The summed E-state index contributed by atoms with van der Waals surface area (Å²) in [4.78, 5) is 14.7. The van der Waals surface area contributed by atoms with Gasteiger partial charge in [-0.05, 0) is 48.9 Å². The molecule has 1 heterocycles. The number of hydrogen-bond donors (Lipinski definition) is 1. The number of rotatable bonds is 4.